The number of aromatic nitrogens is 2. The lowest BCUT2D eigenvalue weighted by molar-refractivity contribution is -0.135. The zero-order valence-corrected chi connectivity index (χ0v) is 64.0. The lowest BCUT2D eigenvalue weighted by Gasteiger charge is -2.19. The molecule has 0 saturated carbocycles. The van der Waals surface area contributed by atoms with Gasteiger partial charge in [-0.1, -0.05) is 228 Å². The summed E-state index contributed by atoms with van der Waals surface area (Å²) in [5.41, 5.74) is 6.08. The Bertz CT molecular complexity index is 3640. The first kappa shape index (κ1) is 84.8. The maximum absolute atomic E-state index is 12.1. The van der Waals surface area contributed by atoms with Crippen LogP contribution in [0.25, 0.3) is 55.1 Å². The van der Waals surface area contributed by atoms with Gasteiger partial charge in [0.1, 0.15) is 28.8 Å². The smallest absolute Gasteiger partial charge is 0.300 e. The molecule has 0 radical (unpaired) electrons. The first-order valence-electron chi connectivity index (χ1n) is 33.7. The number of aromatic amines is 1. The van der Waals surface area contributed by atoms with Gasteiger partial charge in [-0.3, -0.25) is 24.0 Å². The highest BCUT2D eigenvalue weighted by Gasteiger charge is 2.31. The number of hydrogen-bond donors (Lipinski definition) is 4. The summed E-state index contributed by atoms with van der Waals surface area (Å²) in [7, 11) is 0. The molecule has 7 aromatic carbocycles. The van der Waals surface area contributed by atoms with Gasteiger partial charge in [-0.15, -0.1) is 0 Å². The molecule has 8 aromatic rings. The van der Waals surface area contributed by atoms with Gasteiger partial charge in [-0.25, -0.2) is 4.98 Å². The molecule has 0 bridgehead atoms. The van der Waals surface area contributed by atoms with E-state index in [1.807, 2.05) is 36.4 Å². The molecule has 0 aliphatic heterocycles. The number of aliphatic carboxylic acids is 2. The molecule has 14 nitrogen and oxygen atoms in total. The Hall–Kier alpha value is -6.44. The summed E-state index contributed by atoms with van der Waals surface area (Å²) in [6.45, 7) is 22.8. The largest absolute Gasteiger partial charge is 0.493 e. The Morgan fingerprint density at radius 1 is 0.464 bits per heavy atom. The minimum absolute atomic E-state index is 0. The number of nitrogens with zero attached hydrogens (tertiary/aromatic N) is 1. The van der Waals surface area contributed by atoms with Gasteiger partial charge in [-0.2, -0.15) is 0 Å². The molecule has 528 valence electrons. The number of aldehydes is 1. The van der Waals surface area contributed by atoms with Crippen LogP contribution in [-0.2, 0) is 9.59 Å². The highest BCUT2D eigenvalue weighted by molar-refractivity contribution is 9.11. The number of benzene rings is 7. The van der Waals surface area contributed by atoms with Crippen LogP contribution in [0.3, 0.4) is 0 Å². The lowest BCUT2D eigenvalue weighted by atomic mass is 9.84. The van der Waals surface area contributed by atoms with E-state index in [2.05, 4.69) is 179 Å². The molecule has 1 aliphatic carbocycles. The van der Waals surface area contributed by atoms with E-state index in [9.17, 15) is 14.4 Å². The Kier molecular flexibility index (Phi) is 38.9. The van der Waals surface area contributed by atoms with Crippen LogP contribution < -0.4 is 25.1 Å². The molecule has 97 heavy (non-hydrogen) atoms. The van der Waals surface area contributed by atoms with Crippen molar-refractivity contribution in [3.63, 3.8) is 0 Å². The third-order valence-electron chi connectivity index (χ3n) is 16.8. The summed E-state index contributed by atoms with van der Waals surface area (Å²) >= 11 is 14.0. The van der Waals surface area contributed by atoms with Crippen molar-refractivity contribution in [3.05, 3.63) is 144 Å². The maximum atomic E-state index is 12.1. The van der Waals surface area contributed by atoms with E-state index in [-0.39, 0.29) is 13.6 Å². The second kappa shape index (κ2) is 44.6. The van der Waals surface area contributed by atoms with Crippen LogP contribution in [0.1, 0.15) is 210 Å². The fourth-order valence-corrected chi connectivity index (χ4v) is 12.5. The van der Waals surface area contributed by atoms with Gasteiger partial charge in [-0.05, 0) is 144 Å². The first-order valence-corrected chi connectivity index (χ1v) is 36.9. The van der Waals surface area contributed by atoms with Crippen molar-refractivity contribution < 1.29 is 53.1 Å². The van der Waals surface area contributed by atoms with Crippen LogP contribution in [0.2, 0.25) is 0 Å². The van der Waals surface area contributed by atoms with Crippen molar-refractivity contribution in [1.82, 2.24) is 16.1 Å². The van der Waals surface area contributed by atoms with E-state index in [1.165, 1.54) is 87.8 Å². The van der Waals surface area contributed by atoms with Gasteiger partial charge >= 0.3 is 0 Å². The van der Waals surface area contributed by atoms with Gasteiger partial charge in [0.15, 0.2) is 6.29 Å². The summed E-state index contributed by atoms with van der Waals surface area (Å²) in [4.78, 5) is 62.4. The number of halogens is 4. The number of carboxylic acid groups (broad SMARTS) is 2. The molecule has 0 fully saturated rings. The van der Waals surface area contributed by atoms with Gasteiger partial charge in [0, 0.05) is 65.8 Å². The molecule has 6 N–H and O–H groups in total. The molecule has 1 aromatic heterocycles. The predicted octanol–water partition coefficient (Wildman–Crippen LogP) is 24.2. The summed E-state index contributed by atoms with van der Waals surface area (Å²) < 4.78 is 28.7. The predicted molar refractivity (Wildman–Crippen MR) is 413 cm³/mol. The molecule has 0 spiro atoms. The molecule has 4 atom stereocenters. The summed E-state index contributed by atoms with van der Waals surface area (Å²) in [5.74, 6) is 3.58. The molecule has 18 heteroatoms. The number of hydrogen-bond acceptors (Lipinski definition) is 11. The lowest BCUT2D eigenvalue weighted by Crippen LogP contribution is -2.21. The van der Waals surface area contributed by atoms with Crippen molar-refractivity contribution in [2.24, 2.45) is 23.7 Å². The number of imidazole rings is 1. The Balaban J connectivity index is 0.000000385. The van der Waals surface area contributed by atoms with Crippen molar-refractivity contribution in [2.75, 3.05) is 26.4 Å². The quantitative estimate of drug-likeness (QED) is 0.0187. The van der Waals surface area contributed by atoms with E-state index in [0.717, 1.165) is 138 Å². The molecule has 1 aliphatic rings. The number of fused-ring (bicyclic) bond motifs is 9. The summed E-state index contributed by atoms with van der Waals surface area (Å²) in [6, 6.07) is 35.6. The Morgan fingerprint density at radius 3 is 1.23 bits per heavy atom. The fourth-order valence-electron chi connectivity index (χ4n) is 11.1. The number of carbonyl (C=O) groups excluding carboxylic acids is 3. The van der Waals surface area contributed by atoms with Crippen molar-refractivity contribution >= 4 is 126 Å². The number of ether oxygens (including phenoxy) is 4. The molecular weight excluding hydrogens is 1490 g/mol. The van der Waals surface area contributed by atoms with Gasteiger partial charge < -0.3 is 40.3 Å². The van der Waals surface area contributed by atoms with Gasteiger partial charge in [0.05, 0.1) is 48.6 Å². The zero-order chi connectivity index (χ0) is 69.6. The van der Waals surface area contributed by atoms with Crippen LogP contribution >= 0.6 is 63.7 Å². The van der Waals surface area contributed by atoms with E-state index in [4.69, 9.17) is 43.7 Å². The average Bonchev–Trinajstić information content (AvgIpc) is 1.68. The SMILES string of the molecule is C.CC(=O)O.CC(=O)O.CCCCC(CC)COc1ccc(-c2nc3c4cc(Br)ccc4c4ccc(Br)cc4c3[nH]2)c(OCC(CC)CCCC)c1.CCCCC(CC)COc1ccc(C=O)c(OCC(CC)CCCC)c1.N.O=C1C(=O)c2cc(Br)ccc2-c2ccc(Br)cc21. The van der Waals surface area contributed by atoms with E-state index < -0.39 is 23.5 Å². The van der Waals surface area contributed by atoms with E-state index in [0.29, 0.717) is 59.3 Å². The minimum Gasteiger partial charge on any atom is -0.493 e. The second-order valence-corrected chi connectivity index (χ2v) is 27.8. The zero-order valence-electron chi connectivity index (χ0n) is 57.7. The molecule has 1 heterocycles. The van der Waals surface area contributed by atoms with Crippen molar-refractivity contribution in [1.29, 1.82) is 0 Å². The summed E-state index contributed by atoms with van der Waals surface area (Å²) in [5, 5.41) is 19.5. The van der Waals surface area contributed by atoms with Crippen LogP contribution in [0.4, 0.5) is 0 Å². The number of Topliss-reactive ketones (excluding diaryl/α,β-unsaturated/α-hetero) is 2. The number of carboxylic acids is 2. The molecule has 4 unspecified atom stereocenters. The van der Waals surface area contributed by atoms with Crippen LogP contribution in [0.15, 0.2) is 127 Å². The number of ketones is 2. The highest BCUT2D eigenvalue weighted by atomic mass is 79.9. The first-order chi connectivity index (χ1) is 45.7. The highest BCUT2D eigenvalue weighted by Crippen LogP contribution is 2.41. The van der Waals surface area contributed by atoms with Crippen LogP contribution in [0.5, 0.6) is 23.0 Å². The van der Waals surface area contributed by atoms with Crippen molar-refractivity contribution in [3.8, 4) is 45.5 Å². The molecule has 0 amide bonds. The standard InChI is InChI=1S/C37H44Br2N2O2.C23H38O3.C14H6Br2O2.2C2H4O2.CH4.H3N/c1-5-9-11-24(7-3)22-42-28-15-18-31(34(21-28)43-23-25(8-4)12-10-6-2)37-40-35-32-19-26(38)13-16-29(32)30-17-14-27(39)20-33(30)36(35)41-37;1-5-9-11-19(7-3)17-25-22-14-13-21(16-24)23(15-22)26-18-20(8-4)12-10-6-2;15-7-1-3-9-10-4-2-8(16)6-12(10)14(18)13(17)11(9)5-7;2*1-2(3)4;;/h13-21,24-25H,5-12,22-23H2,1-4H3,(H,40,41);13-16,19-20H,5-12,17-18H2,1-4H3;1-6H;2*1H3,(H,3,4);1H4;1H3. The van der Waals surface area contributed by atoms with Crippen LogP contribution in [0, 0.1) is 23.7 Å². The average molecular weight is 1590 g/mol. The number of H-pyrrole nitrogens is 1. The normalized spacial score (nSPS) is 12.4. The second-order valence-electron chi connectivity index (χ2n) is 24.2. The number of carbonyl (C=O) groups is 5. The minimum atomic E-state index is -0.833. The number of unbranched alkanes of at least 4 members (excludes halogenated alkanes) is 4. The van der Waals surface area contributed by atoms with E-state index in [1.54, 1.807) is 18.2 Å². The molecule has 0 saturated heterocycles. The van der Waals surface area contributed by atoms with Gasteiger partial charge in [0.2, 0.25) is 11.6 Å². The van der Waals surface area contributed by atoms with E-state index >= 15 is 0 Å². The molecular formula is C79H103Br4N3O11. The summed E-state index contributed by atoms with van der Waals surface area (Å²) in [6.07, 6.45) is 19.9. The molecule has 9 rings (SSSR count). The Morgan fingerprint density at radius 2 is 0.814 bits per heavy atom. The van der Waals surface area contributed by atoms with Crippen molar-refractivity contribution in [2.45, 2.75) is 179 Å². The van der Waals surface area contributed by atoms with Crippen LogP contribution in [-0.4, -0.2) is 76.4 Å². The third-order valence-corrected chi connectivity index (χ3v) is 18.8. The number of rotatable bonds is 30. The monoisotopic (exact) mass is 1590 g/mol. The number of nitrogens with one attached hydrogen (secondary N) is 1. The topological polar surface area (TPSA) is 226 Å². The maximum Gasteiger partial charge on any atom is 0.300 e. The third kappa shape index (κ3) is 26.3. The van der Waals surface area contributed by atoms with Gasteiger partial charge in [0.25, 0.3) is 11.9 Å². The fraction of sp³-hybridized carbons (Fsp3) is 0.443. The Labute approximate surface area is 609 Å².